The predicted octanol–water partition coefficient (Wildman–Crippen LogP) is 4.08. The summed E-state index contributed by atoms with van der Waals surface area (Å²) in [6.07, 6.45) is 2.77. The van der Waals surface area contributed by atoms with E-state index in [1.807, 2.05) is 13.8 Å². The second-order valence-corrected chi connectivity index (χ2v) is 10.1. The molecule has 0 radical (unpaired) electrons. The Balaban J connectivity index is 1.66. The molecule has 1 saturated heterocycles. The highest BCUT2D eigenvalue weighted by molar-refractivity contribution is 7.89. The highest BCUT2D eigenvalue weighted by atomic mass is 32.2. The Labute approximate surface area is 181 Å². The fourth-order valence-corrected chi connectivity index (χ4v) is 5.34. The highest BCUT2D eigenvalue weighted by Gasteiger charge is 2.26. The van der Waals surface area contributed by atoms with E-state index in [0.717, 1.165) is 25.0 Å². The van der Waals surface area contributed by atoms with Gasteiger partial charge in [0.05, 0.1) is 21.5 Å². The summed E-state index contributed by atoms with van der Waals surface area (Å²) < 4.78 is 32.8. The highest BCUT2D eigenvalue weighted by Crippen LogP contribution is 2.27. The first kappa shape index (κ1) is 21.5. The molecular formula is C22H26N4O4S. The van der Waals surface area contributed by atoms with Crippen molar-refractivity contribution in [2.75, 3.05) is 18.4 Å². The van der Waals surface area contributed by atoms with E-state index in [0.29, 0.717) is 41.1 Å². The van der Waals surface area contributed by atoms with E-state index in [4.69, 9.17) is 4.52 Å². The molecule has 8 nitrogen and oxygen atoms in total. The van der Waals surface area contributed by atoms with Crippen molar-refractivity contribution in [2.45, 2.75) is 50.8 Å². The van der Waals surface area contributed by atoms with Gasteiger partial charge in [0.25, 0.3) is 11.6 Å². The van der Waals surface area contributed by atoms with Gasteiger partial charge < -0.3 is 9.84 Å². The zero-order chi connectivity index (χ0) is 22.2. The Kier molecular flexibility index (Phi) is 5.81. The zero-order valence-electron chi connectivity index (χ0n) is 17.9. The molecule has 164 valence electrons. The van der Waals surface area contributed by atoms with Crippen molar-refractivity contribution in [3.05, 3.63) is 47.3 Å². The summed E-state index contributed by atoms with van der Waals surface area (Å²) in [7, 11) is -3.59. The van der Waals surface area contributed by atoms with Gasteiger partial charge in [-0.05, 0) is 49.9 Å². The average molecular weight is 443 g/mol. The standard InChI is InChI=1S/C22H26N4O4S/c1-14(2)19-13-18(20-15(3)25-30-22(20)24-19)21(27)23-16-8-7-9-17(12-16)31(28,29)26-10-5-4-6-11-26/h7-9,12-14H,4-6,10-11H2,1-3H3,(H,23,27). The van der Waals surface area contributed by atoms with Crippen LogP contribution in [0.2, 0.25) is 0 Å². The van der Waals surface area contributed by atoms with Crippen molar-refractivity contribution in [1.29, 1.82) is 0 Å². The number of aromatic nitrogens is 2. The number of benzene rings is 1. The number of hydrogen-bond donors (Lipinski definition) is 1. The lowest BCUT2D eigenvalue weighted by atomic mass is 10.0. The number of nitrogens with one attached hydrogen (secondary N) is 1. The van der Waals surface area contributed by atoms with Crippen LogP contribution in [0.25, 0.3) is 11.1 Å². The number of fused-ring (bicyclic) bond motifs is 1. The number of sulfonamides is 1. The Morgan fingerprint density at radius 3 is 2.61 bits per heavy atom. The minimum atomic E-state index is -3.59. The number of anilines is 1. The minimum Gasteiger partial charge on any atom is -0.336 e. The Bertz CT molecular complexity index is 1230. The third-order valence-corrected chi connectivity index (χ3v) is 7.41. The molecule has 1 aliphatic rings. The van der Waals surface area contributed by atoms with Crippen LogP contribution in [0.3, 0.4) is 0 Å². The topological polar surface area (TPSA) is 105 Å². The van der Waals surface area contributed by atoms with Crippen LogP contribution in [0.5, 0.6) is 0 Å². The monoisotopic (exact) mass is 442 g/mol. The van der Waals surface area contributed by atoms with E-state index in [9.17, 15) is 13.2 Å². The molecule has 1 fully saturated rings. The van der Waals surface area contributed by atoms with Crippen molar-refractivity contribution in [3.63, 3.8) is 0 Å². The Morgan fingerprint density at radius 1 is 1.16 bits per heavy atom. The second-order valence-electron chi connectivity index (χ2n) is 8.14. The maximum Gasteiger partial charge on any atom is 0.259 e. The van der Waals surface area contributed by atoms with Crippen LogP contribution in [-0.4, -0.2) is 41.9 Å². The Hall–Kier alpha value is -2.78. The summed E-state index contributed by atoms with van der Waals surface area (Å²) in [6.45, 7) is 6.77. The molecule has 3 heterocycles. The van der Waals surface area contributed by atoms with Gasteiger partial charge in [0.15, 0.2) is 0 Å². The molecule has 2 aromatic heterocycles. The molecule has 0 spiro atoms. The number of pyridine rings is 1. The second kappa shape index (κ2) is 8.39. The SMILES string of the molecule is Cc1noc2nc(C(C)C)cc(C(=O)Nc3cccc(S(=O)(=O)N4CCCCC4)c3)c12. The van der Waals surface area contributed by atoms with Crippen LogP contribution in [0.15, 0.2) is 39.8 Å². The number of carbonyl (C=O) groups is 1. The first-order valence-corrected chi connectivity index (χ1v) is 11.9. The molecule has 0 atom stereocenters. The predicted molar refractivity (Wildman–Crippen MR) is 118 cm³/mol. The van der Waals surface area contributed by atoms with Gasteiger partial charge in [0.2, 0.25) is 10.0 Å². The lowest BCUT2D eigenvalue weighted by Crippen LogP contribution is -2.35. The maximum absolute atomic E-state index is 13.1. The van der Waals surface area contributed by atoms with E-state index in [2.05, 4.69) is 15.5 Å². The molecule has 3 aromatic rings. The quantitative estimate of drug-likeness (QED) is 0.638. The van der Waals surface area contributed by atoms with E-state index >= 15 is 0 Å². The summed E-state index contributed by atoms with van der Waals surface area (Å²) in [6, 6.07) is 8.12. The van der Waals surface area contributed by atoms with Gasteiger partial charge in [0.1, 0.15) is 0 Å². The van der Waals surface area contributed by atoms with Crippen molar-refractivity contribution in [1.82, 2.24) is 14.4 Å². The van der Waals surface area contributed by atoms with Crippen molar-refractivity contribution < 1.29 is 17.7 Å². The number of hydrogen-bond acceptors (Lipinski definition) is 6. The van der Waals surface area contributed by atoms with Gasteiger partial charge in [-0.25, -0.2) is 13.4 Å². The lowest BCUT2D eigenvalue weighted by molar-refractivity contribution is 0.102. The van der Waals surface area contributed by atoms with Gasteiger partial charge in [-0.3, -0.25) is 4.79 Å². The number of piperidine rings is 1. The lowest BCUT2D eigenvalue weighted by Gasteiger charge is -2.26. The first-order valence-electron chi connectivity index (χ1n) is 10.5. The average Bonchev–Trinajstić information content (AvgIpc) is 3.14. The summed E-state index contributed by atoms with van der Waals surface area (Å²) in [4.78, 5) is 17.8. The summed E-state index contributed by atoms with van der Waals surface area (Å²) in [5.41, 5.74) is 2.42. The van der Waals surface area contributed by atoms with E-state index in [1.165, 1.54) is 10.4 Å². The van der Waals surface area contributed by atoms with Crippen molar-refractivity contribution in [2.24, 2.45) is 0 Å². The van der Waals surface area contributed by atoms with Gasteiger partial charge >= 0.3 is 0 Å². The molecule has 0 aliphatic carbocycles. The van der Waals surface area contributed by atoms with Crippen LogP contribution < -0.4 is 5.32 Å². The number of aryl methyl sites for hydroxylation is 1. The van der Waals surface area contributed by atoms with Crippen LogP contribution in [0, 0.1) is 6.92 Å². The Morgan fingerprint density at radius 2 is 1.90 bits per heavy atom. The molecule has 31 heavy (non-hydrogen) atoms. The summed E-state index contributed by atoms with van der Waals surface area (Å²) in [5.74, 6) is -0.271. The third kappa shape index (κ3) is 4.20. The maximum atomic E-state index is 13.1. The molecule has 0 saturated carbocycles. The normalized spacial score (nSPS) is 15.5. The molecule has 1 aromatic carbocycles. The van der Waals surface area contributed by atoms with E-state index in [1.54, 1.807) is 31.2 Å². The molecule has 9 heteroatoms. The van der Waals surface area contributed by atoms with E-state index < -0.39 is 10.0 Å². The van der Waals surface area contributed by atoms with Crippen molar-refractivity contribution in [3.8, 4) is 0 Å². The zero-order valence-corrected chi connectivity index (χ0v) is 18.7. The van der Waals surface area contributed by atoms with Crippen LogP contribution >= 0.6 is 0 Å². The third-order valence-electron chi connectivity index (χ3n) is 5.52. The first-order chi connectivity index (χ1) is 14.8. The molecule has 1 aliphatic heterocycles. The molecular weight excluding hydrogens is 416 g/mol. The van der Waals surface area contributed by atoms with Gasteiger partial charge in [-0.1, -0.05) is 31.5 Å². The molecule has 1 N–H and O–H groups in total. The van der Waals surface area contributed by atoms with Crippen molar-refractivity contribution >= 4 is 32.7 Å². The molecule has 0 bridgehead atoms. The van der Waals surface area contributed by atoms with E-state index in [-0.39, 0.29) is 16.7 Å². The molecule has 0 unspecified atom stereocenters. The number of carbonyl (C=O) groups excluding carboxylic acids is 1. The summed E-state index contributed by atoms with van der Waals surface area (Å²) in [5, 5.41) is 7.33. The van der Waals surface area contributed by atoms with Gasteiger partial charge in [0, 0.05) is 24.5 Å². The molecule has 4 rings (SSSR count). The smallest absolute Gasteiger partial charge is 0.259 e. The summed E-state index contributed by atoms with van der Waals surface area (Å²) >= 11 is 0. The minimum absolute atomic E-state index is 0.0966. The number of rotatable bonds is 5. The number of nitrogens with zero attached hydrogens (tertiary/aromatic N) is 3. The molecule has 1 amide bonds. The largest absolute Gasteiger partial charge is 0.336 e. The van der Waals surface area contributed by atoms with Crippen LogP contribution in [0.1, 0.15) is 60.8 Å². The number of amides is 1. The fraction of sp³-hybridized carbons (Fsp3) is 0.409. The van der Waals surface area contributed by atoms with Crippen LogP contribution in [-0.2, 0) is 10.0 Å². The van der Waals surface area contributed by atoms with Gasteiger partial charge in [-0.2, -0.15) is 4.31 Å². The van der Waals surface area contributed by atoms with Gasteiger partial charge in [-0.15, -0.1) is 0 Å². The van der Waals surface area contributed by atoms with Crippen LogP contribution in [0.4, 0.5) is 5.69 Å². The fourth-order valence-electron chi connectivity index (χ4n) is 3.78.